The molecule has 0 saturated heterocycles. The Morgan fingerprint density at radius 1 is 0.460 bits per heavy atom. The van der Waals surface area contributed by atoms with Crippen molar-refractivity contribution in [1.29, 1.82) is 0 Å². The number of aromatic nitrogens is 3. The Balaban J connectivity index is 0.997. The fourth-order valence-corrected chi connectivity index (χ4v) is 9.72. The lowest BCUT2D eigenvalue weighted by atomic mass is 9.87. The summed E-state index contributed by atoms with van der Waals surface area (Å²) in [5.74, 6) is 2.26. The summed E-state index contributed by atoms with van der Waals surface area (Å²) in [6.07, 6.45) is 13.7. The zero-order chi connectivity index (χ0) is 41.7. The van der Waals surface area contributed by atoms with E-state index < -0.39 is 0 Å². The molecule has 2 aromatic heterocycles. The lowest BCUT2D eigenvalue weighted by Crippen LogP contribution is -2.31. The van der Waals surface area contributed by atoms with Gasteiger partial charge in [0.2, 0.25) is 0 Å². The van der Waals surface area contributed by atoms with Gasteiger partial charge in [-0.1, -0.05) is 176 Å². The van der Waals surface area contributed by atoms with Gasteiger partial charge in [-0.25, -0.2) is 15.0 Å². The van der Waals surface area contributed by atoms with Gasteiger partial charge in [-0.05, 0) is 115 Å². The quantitative estimate of drug-likeness (QED) is 0.161. The highest BCUT2D eigenvalue weighted by Gasteiger charge is 2.21. The molecular formula is C59H41N3O. The molecule has 63 heavy (non-hydrogen) atoms. The molecule has 0 fully saturated rings. The molecule has 1 atom stereocenters. The molecule has 0 spiro atoms. The van der Waals surface area contributed by atoms with Crippen LogP contribution in [0.25, 0.3) is 101 Å². The first kappa shape index (κ1) is 36.9. The molecule has 4 nitrogen and oxygen atoms in total. The van der Waals surface area contributed by atoms with E-state index in [4.69, 9.17) is 19.4 Å². The Labute approximate surface area is 365 Å². The molecule has 0 N–H and O–H groups in total. The number of fused-ring (bicyclic) bond motifs is 5. The van der Waals surface area contributed by atoms with Crippen molar-refractivity contribution in [2.75, 3.05) is 0 Å². The van der Waals surface area contributed by atoms with Gasteiger partial charge in [0.25, 0.3) is 0 Å². The first-order valence-corrected chi connectivity index (χ1v) is 21.8. The van der Waals surface area contributed by atoms with Crippen molar-refractivity contribution in [2.45, 2.75) is 25.2 Å². The third-order valence-corrected chi connectivity index (χ3v) is 12.7. The molecule has 10 aromatic rings. The second-order valence-corrected chi connectivity index (χ2v) is 16.5. The second kappa shape index (κ2) is 15.5. The standard InChI is InChI=1S/C59H41N3O/c1-4-16-38(17-5-1)41-22-12-23-42(36-41)43-32-35-54-53(37-43)56-51(30-15-31-55(56)63-54)48-29-14-26-45-46(48)27-13-28-47(45)50-33-34-52(49-25-11-10-24-44(49)50)59-61-57(39-18-6-2-7-19-39)60-58(62-59)40-20-8-3-9-21-40/h1-13,15-20,22-28,30-37,40H,14,21,29H2. The molecule has 0 amide bonds. The number of rotatable bonds is 7. The molecule has 0 saturated carbocycles. The normalized spacial score (nSPS) is 14.6. The van der Waals surface area contributed by atoms with Crippen LogP contribution < -0.4 is 10.4 Å². The third kappa shape index (κ3) is 6.59. The van der Waals surface area contributed by atoms with E-state index in [0.717, 1.165) is 58.2 Å². The maximum atomic E-state index is 6.58. The van der Waals surface area contributed by atoms with Gasteiger partial charge in [0.15, 0.2) is 11.6 Å². The summed E-state index contributed by atoms with van der Waals surface area (Å²) in [5, 5.41) is 7.12. The Morgan fingerprint density at radius 3 is 1.97 bits per heavy atom. The van der Waals surface area contributed by atoms with Crippen molar-refractivity contribution in [3.8, 4) is 56.2 Å². The van der Waals surface area contributed by atoms with Gasteiger partial charge in [0, 0.05) is 27.8 Å². The summed E-state index contributed by atoms with van der Waals surface area (Å²) in [6.45, 7) is 0. The SMILES string of the molecule is C1=CCC(c2nc(-c3ccccc3)nc(-c3ccc(-c4cccc5c4=CCCC=5c4cccc5oc6ccc(-c7cccc(-c8ccccc8)c7)cc6c45)c4ccccc34)n2)C=C1. The number of hydrogen-bond donors (Lipinski definition) is 0. The summed E-state index contributed by atoms with van der Waals surface area (Å²) in [4.78, 5) is 15.3. The zero-order valence-electron chi connectivity index (χ0n) is 34.6. The predicted molar refractivity (Wildman–Crippen MR) is 259 cm³/mol. The number of nitrogens with zero attached hydrogens (tertiary/aromatic N) is 3. The average molecular weight is 808 g/mol. The Kier molecular flexibility index (Phi) is 9.07. The molecule has 0 bridgehead atoms. The highest BCUT2D eigenvalue weighted by Crippen LogP contribution is 2.39. The van der Waals surface area contributed by atoms with Crippen LogP contribution in [-0.4, -0.2) is 15.0 Å². The van der Waals surface area contributed by atoms with Crippen molar-refractivity contribution in [3.63, 3.8) is 0 Å². The van der Waals surface area contributed by atoms with Gasteiger partial charge in [-0.3, -0.25) is 0 Å². The summed E-state index contributed by atoms with van der Waals surface area (Å²) in [6, 6.07) is 62.8. The molecule has 2 aliphatic carbocycles. The van der Waals surface area contributed by atoms with Crippen LogP contribution in [0.15, 0.2) is 205 Å². The van der Waals surface area contributed by atoms with E-state index in [9.17, 15) is 0 Å². The van der Waals surface area contributed by atoms with E-state index in [1.807, 2.05) is 18.2 Å². The van der Waals surface area contributed by atoms with Gasteiger partial charge < -0.3 is 4.42 Å². The topological polar surface area (TPSA) is 51.8 Å². The Bertz CT molecular complexity index is 3600. The average Bonchev–Trinajstić information content (AvgIpc) is 3.75. The number of furan rings is 1. The smallest absolute Gasteiger partial charge is 0.164 e. The molecule has 298 valence electrons. The fraction of sp³-hybridized carbons (Fsp3) is 0.0678. The van der Waals surface area contributed by atoms with Gasteiger partial charge in [-0.2, -0.15) is 0 Å². The maximum Gasteiger partial charge on any atom is 0.164 e. The van der Waals surface area contributed by atoms with Crippen LogP contribution in [0.2, 0.25) is 0 Å². The van der Waals surface area contributed by atoms with E-state index in [0.29, 0.717) is 11.6 Å². The number of hydrogen-bond acceptors (Lipinski definition) is 4. The largest absolute Gasteiger partial charge is 0.456 e. The van der Waals surface area contributed by atoms with E-state index in [2.05, 4.69) is 188 Å². The highest BCUT2D eigenvalue weighted by atomic mass is 16.3. The summed E-state index contributed by atoms with van der Waals surface area (Å²) >= 11 is 0. The van der Waals surface area contributed by atoms with E-state index >= 15 is 0 Å². The molecule has 2 aliphatic rings. The van der Waals surface area contributed by atoms with Gasteiger partial charge in [-0.15, -0.1) is 0 Å². The van der Waals surface area contributed by atoms with Gasteiger partial charge in [0.1, 0.15) is 17.0 Å². The van der Waals surface area contributed by atoms with Crippen molar-refractivity contribution in [2.24, 2.45) is 0 Å². The second-order valence-electron chi connectivity index (χ2n) is 16.5. The zero-order valence-corrected chi connectivity index (χ0v) is 34.6. The summed E-state index contributed by atoms with van der Waals surface area (Å²) in [7, 11) is 0. The third-order valence-electron chi connectivity index (χ3n) is 12.7. The van der Waals surface area contributed by atoms with E-state index in [1.54, 1.807) is 0 Å². The minimum Gasteiger partial charge on any atom is -0.456 e. The molecule has 8 aromatic carbocycles. The van der Waals surface area contributed by atoms with Crippen LogP contribution in [-0.2, 0) is 0 Å². The van der Waals surface area contributed by atoms with Crippen LogP contribution in [0.3, 0.4) is 0 Å². The monoisotopic (exact) mass is 807 g/mol. The Hall–Kier alpha value is -7.95. The first-order valence-electron chi connectivity index (χ1n) is 21.8. The van der Waals surface area contributed by atoms with Gasteiger partial charge >= 0.3 is 0 Å². The Morgan fingerprint density at radius 2 is 1.14 bits per heavy atom. The van der Waals surface area contributed by atoms with E-state index in [1.165, 1.54) is 65.7 Å². The van der Waals surface area contributed by atoms with Crippen LogP contribution in [0, 0.1) is 0 Å². The van der Waals surface area contributed by atoms with E-state index in [-0.39, 0.29) is 5.92 Å². The van der Waals surface area contributed by atoms with Crippen molar-refractivity contribution >= 4 is 44.4 Å². The lowest BCUT2D eigenvalue weighted by Gasteiger charge is -2.17. The minimum absolute atomic E-state index is 0.0894. The number of allylic oxidation sites excluding steroid dienone is 4. The highest BCUT2D eigenvalue weighted by molar-refractivity contribution is 6.11. The molecule has 1 unspecified atom stereocenters. The predicted octanol–water partition coefficient (Wildman–Crippen LogP) is 13.6. The molecular weight excluding hydrogens is 767 g/mol. The van der Waals surface area contributed by atoms with Gasteiger partial charge in [0.05, 0.1) is 0 Å². The summed E-state index contributed by atoms with van der Waals surface area (Å²) < 4.78 is 6.58. The minimum atomic E-state index is 0.0894. The fourth-order valence-electron chi connectivity index (χ4n) is 9.72. The molecule has 4 heteroatoms. The number of benzene rings is 8. The van der Waals surface area contributed by atoms with Crippen LogP contribution in [0.4, 0.5) is 0 Å². The molecule has 2 heterocycles. The first-order chi connectivity index (χ1) is 31.2. The lowest BCUT2D eigenvalue weighted by molar-refractivity contribution is 0.669. The van der Waals surface area contributed by atoms with Crippen molar-refractivity contribution in [1.82, 2.24) is 15.0 Å². The summed E-state index contributed by atoms with van der Waals surface area (Å²) in [5.41, 5.74) is 13.5. The van der Waals surface area contributed by atoms with Crippen LogP contribution in [0.1, 0.15) is 36.6 Å². The van der Waals surface area contributed by atoms with Crippen molar-refractivity contribution in [3.05, 3.63) is 222 Å². The van der Waals surface area contributed by atoms with Crippen LogP contribution >= 0.6 is 0 Å². The van der Waals surface area contributed by atoms with Crippen molar-refractivity contribution < 1.29 is 4.42 Å². The van der Waals surface area contributed by atoms with Crippen LogP contribution in [0.5, 0.6) is 0 Å². The molecule has 0 aliphatic heterocycles. The maximum absolute atomic E-state index is 6.58. The molecule has 12 rings (SSSR count). The molecule has 0 radical (unpaired) electrons.